The second kappa shape index (κ2) is 9.41. The fourth-order valence-electron chi connectivity index (χ4n) is 3.26. The Kier molecular flexibility index (Phi) is 6.70. The molecule has 3 aromatic rings. The number of benzene rings is 2. The number of ether oxygens (including phenoxy) is 1. The van der Waals surface area contributed by atoms with Crippen LogP contribution in [-0.2, 0) is 4.74 Å². The molecule has 0 aliphatic heterocycles. The molecule has 0 aliphatic rings. The third-order valence-corrected chi connectivity index (χ3v) is 5.01. The third kappa shape index (κ3) is 4.67. The monoisotopic (exact) mass is 393 g/mol. The highest BCUT2D eigenvalue weighted by atomic mass is 16.5. The summed E-state index contributed by atoms with van der Waals surface area (Å²) < 4.78 is 10.8. The Balaban J connectivity index is 1.88. The standard InChI is InChI=1S/C24H27NO4/c1-4-7-14-28-23(26)18-10-8-17(9-11-18)21-15-19-12-13-20(25(5-2)6-3)16-22(19)29-24(21)27/h8-13,15-16H,4-7,14H2,1-3H3. The Morgan fingerprint density at radius 2 is 1.72 bits per heavy atom. The van der Waals surface area contributed by atoms with E-state index in [1.165, 1.54) is 0 Å². The zero-order valence-corrected chi connectivity index (χ0v) is 17.2. The molecule has 0 bridgehead atoms. The first-order chi connectivity index (χ1) is 14.1. The first kappa shape index (κ1) is 20.6. The van der Waals surface area contributed by atoms with E-state index in [-0.39, 0.29) is 5.97 Å². The Labute approximate surface area is 170 Å². The molecule has 0 N–H and O–H groups in total. The number of hydrogen-bond acceptors (Lipinski definition) is 5. The van der Waals surface area contributed by atoms with Crippen molar-refractivity contribution >= 4 is 22.6 Å². The SMILES string of the molecule is CCCCOC(=O)c1ccc(-c2cc3ccc(N(CC)CC)cc3oc2=O)cc1. The fraction of sp³-hybridized carbons (Fsp3) is 0.333. The number of carbonyl (C=O) groups excluding carboxylic acids is 1. The molecule has 0 atom stereocenters. The van der Waals surface area contributed by atoms with Gasteiger partial charge in [-0.25, -0.2) is 9.59 Å². The molecular formula is C24H27NO4. The summed E-state index contributed by atoms with van der Waals surface area (Å²) in [6, 6.07) is 14.6. The second-order valence-electron chi connectivity index (χ2n) is 6.91. The molecule has 1 heterocycles. The number of anilines is 1. The van der Waals surface area contributed by atoms with Crippen LogP contribution in [0.5, 0.6) is 0 Å². The number of esters is 1. The molecule has 5 heteroatoms. The van der Waals surface area contributed by atoms with E-state index in [0.717, 1.165) is 37.0 Å². The van der Waals surface area contributed by atoms with E-state index >= 15 is 0 Å². The molecule has 0 amide bonds. The van der Waals surface area contributed by atoms with Crippen LogP contribution in [0.1, 0.15) is 44.0 Å². The number of carbonyl (C=O) groups is 1. The van der Waals surface area contributed by atoms with Crippen molar-refractivity contribution in [3.8, 4) is 11.1 Å². The molecule has 0 saturated carbocycles. The Bertz CT molecular complexity index is 1030. The normalized spacial score (nSPS) is 10.9. The summed E-state index contributed by atoms with van der Waals surface area (Å²) in [7, 11) is 0. The maximum atomic E-state index is 12.6. The number of rotatable bonds is 8. The van der Waals surface area contributed by atoms with E-state index in [2.05, 4.69) is 18.7 Å². The van der Waals surface area contributed by atoms with E-state index < -0.39 is 5.63 Å². The Morgan fingerprint density at radius 1 is 1.00 bits per heavy atom. The van der Waals surface area contributed by atoms with Crippen LogP contribution in [0.25, 0.3) is 22.1 Å². The van der Waals surface area contributed by atoms with Crippen molar-refractivity contribution < 1.29 is 13.9 Å². The molecule has 0 unspecified atom stereocenters. The Morgan fingerprint density at radius 3 is 2.38 bits per heavy atom. The van der Waals surface area contributed by atoms with Gasteiger partial charge in [0.05, 0.1) is 17.7 Å². The maximum absolute atomic E-state index is 12.6. The minimum atomic E-state index is -0.396. The van der Waals surface area contributed by atoms with Crippen LogP contribution in [-0.4, -0.2) is 25.7 Å². The zero-order valence-electron chi connectivity index (χ0n) is 17.2. The summed E-state index contributed by atoms with van der Waals surface area (Å²) in [5.41, 5.74) is 2.85. The van der Waals surface area contributed by atoms with Gasteiger partial charge in [-0.05, 0) is 56.2 Å². The number of unbranched alkanes of at least 4 members (excludes halogenated alkanes) is 1. The van der Waals surface area contributed by atoms with Crippen molar-refractivity contribution in [1.82, 2.24) is 0 Å². The van der Waals surface area contributed by atoms with Gasteiger partial charge < -0.3 is 14.1 Å². The molecule has 152 valence electrons. The number of nitrogens with zero attached hydrogens (tertiary/aromatic N) is 1. The molecule has 29 heavy (non-hydrogen) atoms. The van der Waals surface area contributed by atoms with Crippen molar-refractivity contribution in [1.29, 1.82) is 0 Å². The van der Waals surface area contributed by atoms with Crippen LogP contribution in [0, 0.1) is 0 Å². The van der Waals surface area contributed by atoms with Gasteiger partial charge >= 0.3 is 11.6 Å². The van der Waals surface area contributed by atoms with Crippen LogP contribution in [0.3, 0.4) is 0 Å². The van der Waals surface area contributed by atoms with E-state index in [4.69, 9.17) is 9.15 Å². The van der Waals surface area contributed by atoms with Gasteiger partial charge in [-0.3, -0.25) is 0 Å². The highest BCUT2D eigenvalue weighted by Gasteiger charge is 2.12. The van der Waals surface area contributed by atoms with E-state index in [1.54, 1.807) is 24.3 Å². The van der Waals surface area contributed by atoms with Gasteiger partial charge in [0.1, 0.15) is 5.58 Å². The minimum Gasteiger partial charge on any atom is -0.462 e. The third-order valence-electron chi connectivity index (χ3n) is 5.01. The first-order valence-corrected chi connectivity index (χ1v) is 10.2. The molecule has 0 aliphatic carbocycles. The summed E-state index contributed by atoms with van der Waals surface area (Å²) in [5, 5.41) is 0.860. The average Bonchev–Trinajstić information content (AvgIpc) is 2.74. The predicted octanol–water partition coefficient (Wildman–Crippen LogP) is 5.26. The molecular weight excluding hydrogens is 366 g/mol. The summed E-state index contributed by atoms with van der Waals surface area (Å²) in [6.07, 6.45) is 1.82. The van der Waals surface area contributed by atoms with E-state index in [9.17, 15) is 9.59 Å². The fourth-order valence-corrected chi connectivity index (χ4v) is 3.26. The van der Waals surface area contributed by atoms with Crippen molar-refractivity contribution in [2.24, 2.45) is 0 Å². The lowest BCUT2D eigenvalue weighted by molar-refractivity contribution is 0.0500. The van der Waals surface area contributed by atoms with Gasteiger partial charge in [-0.1, -0.05) is 25.5 Å². The highest BCUT2D eigenvalue weighted by Crippen LogP contribution is 2.25. The lowest BCUT2D eigenvalue weighted by Crippen LogP contribution is -2.21. The van der Waals surface area contributed by atoms with Gasteiger partial charge in [-0.15, -0.1) is 0 Å². The van der Waals surface area contributed by atoms with Gasteiger partial charge in [0.25, 0.3) is 0 Å². The van der Waals surface area contributed by atoms with Gasteiger partial charge in [0.15, 0.2) is 0 Å². The lowest BCUT2D eigenvalue weighted by Gasteiger charge is -2.21. The average molecular weight is 393 g/mol. The van der Waals surface area contributed by atoms with Crippen LogP contribution < -0.4 is 10.5 Å². The first-order valence-electron chi connectivity index (χ1n) is 10.2. The maximum Gasteiger partial charge on any atom is 0.344 e. The molecule has 0 saturated heterocycles. The number of hydrogen-bond donors (Lipinski definition) is 0. The Hall–Kier alpha value is -3.08. The van der Waals surface area contributed by atoms with Crippen LogP contribution >= 0.6 is 0 Å². The highest BCUT2D eigenvalue weighted by molar-refractivity contribution is 5.90. The zero-order chi connectivity index (χ0) is 20.8. The smallest absolute Gasteiger partial charge is 0.344 e. The van der Waals surface area contributed by atoms with Gasteiger partial charge in [-0.2, -0.15) is 0 Å². The molecule has 3 rings (SSSR count). The summed E-state index contributed by atoms with van der Waals surface area (Å²) in [5.74, 6) is -0.348. The molecule has 2 aromatic carbocycles. The topological polar surface area (TPSA) is 59.8 Å². The molecule has 0 spiro atoms. The van der Waals surface area contributed by atoms with Gasteiger partial charge in [0, 0.05) is 30.2 Å². The van der Waals surface area contributed by atoms with Gasteiger partial charge in [0.2, 0.25) is 0 Å². The summed E-state index contributed by atoms with van der Waals surface area (Å²) in [6.45, 7) is 8.42. The largest absolute Gasteiger partial charge is 0.462 e. The molecule has 0 radical (unpaired) electrons. The predicted molar refractivity (Wildman–Crippen MR) is 117 cm³/mol. The van der Waals surface area contributed by atoms with E-state index in [0.29, 0.717) is 28.9 Å². The quantitative estimate of drug-likeness (QED) is 0.297. The summed E-state index contributed by atoms with van der Waals surface area (Å²) in [4.78, 5) is 26.8. The second-order valence-corrected chi connectivity index (χ2v) is 6.91. The van der Waals surface area contributed by atoms with E-state index in [1.807, 2.05) is 31.2 Å². The molecule has 0 fully saturated rings. The van der Waals surface area contributed by atoms with Crippen LogP contribution in [0.15, 0.2) is 57.7 Å². The summed E-state index contributed by atoms with van der Waals surface area (Å²) >= 11 is 0. The van der Waals surface area contributed by atoms with Crippen molar-refractivity contribution in [3.63, 3.8) is 0 Å². The van der Waals surface area contributed by atoms with Crippen molar-refractivity contribution in [2.75, 3.05) is 24.6 Å². The lowest BCUT2D eigenvalue weighted by atomic mass is 10.0. The van der Waals surface area contributed by atoms with Crippen LogP contribution in [0.2, 0.25) is 0 Å². The van der Waals surface area contributed by atoms with Crippen LogP contribution in [0.4, 0.5) is 5.69 Å². The van der Waals surface area contributed by atoms with Crippen molar-refractivity contribution in [3.05, 3.63) is 64.5 Å². The molecule has 5 nitrogen and oxygen atoms in total. The van der Waals surface area contributed by atoms with Crippen molar-refractivity contribution in [2.45, 2.75) is 33.6 Å². The number of fused-ring (bicyclic) bond motifs is 1. The minimum absolute atomic E-state index is 0.348. The molecule has 1 aromatic heterocycles.